The van der Waals surface area contributed by atoms with Crippen LogP contribution in [0.25, 0.3) is 0 Å². The molecule has 2 unspecified atom stereocenters. The summed E-state index contributed by atoms with van der Waals surface area (Å²) in [5.41, 5.74) is 0.166. The number of hydrogen-bond acceptors (Lipinski definition) is 3. The molecule has 0 aliphatic carbocycles. The van der Waals surface area contributed by atoms with Gasteiger partial charge in [0.05, 0.1) is 17.9 Å². The summed E-state index contributed by atoms with van der Waals surface area (Å²) >= 11 is 0. The Morgan fingerprint density at radius 1 is 1.71 bits per heavy atom. The van der Waals surface area contributed by atoms with Gasteiger partial charge in [-0.05, 0) is 19.4 Å². The van der Waals surface area contributed by atoms with Gasteiger partial charge in [0.15, 0.2) is 0 Å². The van der Waals surface area contributed by atoms with E-state index in [2.05, 4.69) is 5.10 Å². The molecule has 2 atom stereocenters. The highest BCUT2D eigenvalue weighted by atomic mass is 16.5. The number of rotatable bonds is 4. The van der Waals surface area contributed by atoms with Gasteiger partial charge in [-0.2, -0.15) is 5.10 Å². The Kier molecular flexibility index (Phi) is 3.29. The molecule has 0 bridgehead atoms. The van der Waals surface area contributed by atoms with Crippen molar-refractivity contribution >= 4 is 0 Å². The van der Waals surface area contributed by atoms with Crippen LogP contribution >= 0.6 is 0 Å². The lowest BCUT2D eigenvalue weighted by Crippen LogP contribution is -2.40. The predicted octanol–water partition coefficient (Wildman–Crippen LogP) is 0.748. The number of hydrogen-bond donors (Lipinski definition) is 1. The topological polar surface area (TPSA) is 47.3 Å². The van der Waals surface area contributed by atoms with Gasteiger partial charge in [0.25, 0.3) is 0 Å². The molecule has 14 heavy (non-hydrogen) atoms. The van der Waals surface area contributed by atoms with Gasteiger partial charge in [0.2, 0.25) is 0 Å². The van der Waals surface area contributed by atoms with Crippen LogP contribution in [0.15, 0.2) is 12.4 Å². The van der Waals surface area contributed by atoms with Crippen molar-refractivity contribution in [3.63, 3.8) is 0 Å². The van der Waals surface area contributed by atoms with Crippen LogP contribution in [0, 0.1) is 0 Å². The molecule has 1 heterocycles. The van der Waals surface area contributed by atoms with Gasteiger partial charge >= 0.3 is 0 Å². The van der Waals surface area contributed by atoms with E-state index in [0.717, 1.165) is 5.56 Å². The van der Waals surface area contributed by atoms with Crippen molar-refractivity contribution in [3.05, 3.63) is 18.0 Å². The van der Waals surface area contributed by atoms with E-state index in [4.69, 9.17) is 4.74 Å². The van der Waals surface area contributed by atoms with Crippen molar-refractivity contribution < 1.29 is 9.84 Å². The van der Waals surface area contributed by atoms with Crippen molar-refractivity contribution in [1.29, 1.82) is 0 Å². The minimum atomic E-state index is -0.849. The molecule has 0 saturated carbocycles. The summed E-state index contributed by atoms with van der Waals surface area (Å²) in [6.07, 6.45) is 4.02. The van der Waals surface area contributed by atoms with Crippen LogP contribution < -0.4 is 0 Å². The molecule has 1 N–H and O–H groups in total. The van der Waals surface area contributed by atoms with Crippen LogP contribution in [-0.4, -0.2) is 33.7 Å². The predicted molar refractivity (Wildman–Crippen MR) is 54.0 cm³/mol. The molecule has 0 aliphatic heterocycles. The fraction of sp³-hybridized carbons (Fsp3) is 0.700. The Balaban J connectivity index is 2.67. The largest absolute Gasteiger partial charge is 0.387 e. The normalized spacial score (nSPS) is 17.8. The van der Waals surface area contributed by atoms with E-state index < -0.39 is 5.60 Å². The lowest BCUT2D eigenvalue weighted by Gasteiger charge is -2.28. The molecule has 4 nitrogen and oxygen atoms in total. The zero-order valence-corrected chi connectivity index (χ0v) is 9.19. The lowest BCUT2D eigenvalue weighted by molar-refractivity contribution is -0.0715. The third-order valence-corrected chi connectivity index (χ3v) is 2.55. The van der Waals surface area contributed by atoms with Crippen molar-refractivity contribution in [3.8, 4) is 0 Å². The molecule has 0 saturated heterocycles. The summed E-state index contributed by atoms with van der Waals surface area (Å²) in [5.74, 6) is 0. The number of nitrogens with zero attached hydrogens (tertiary/aromatic N) is 2. The highest BCUT2D eigenvalue weighted by molar-refractivity contribution is 5.08. The standard InChI is InChI=1S/C10H18N2O2/c1-8(14-4)10(2,13)5-9-6-11-12(3)7-9/h6-8,13H,5H2,1-4H3. The summed E-state index contributed by atoms with van der Waals surface area (Å²) < 4.78 is 6.84. The van der Waals surface area contributed by atoms with E-state index in [9.17, 15) is 5.11 Å². The van der Waals surface area contributed by atoms with Crippen molar-refractivity contribution in [1.82, 2.24) is 9.78 Å². The molecule has 4 heteroatoms. The third kappa shape index (κ3) is 2.56. The molecule has 0 fully saturated rings. The van der Waals surface area contributed by atoms with Gasteiger partial charge in [-0.25, -0.2) is 0 Å². The zero-order valence-electron chi connectivity index (χ0n) is 9.19. The van der Waals surface area contributed by atoms with E-state index in [-0.39, 0.29) is 6.10 Å². The SMILES string of the molecule is COC(C)C(C)(O)Cc1cnn(C)c1. The van der Waals surface area contributed by atoms with Gasteiger partial charge in [0.1, 0.15) is 0 Å². The Hall–Kier alpha value is -0.870. The molecule has 1 aromatic rings. The first-order valence-corrected chi connectivity index (χ1v) is 4.68. The van der Waals surface area contributed by atoms with E-state index in [0.29, 0.717) is 6.42 Å². The second-order valence-electron chi connectivity index (χ2n) is 3.93. The quantitative estimate of drug-likeness (QED) is 0.776. The second kappa shape index (κ2) is 4.11. The van der Waals surface area contributed by atoms with Crippen molar-refractivity contribution in [2.24, 2.45) is 7.05 Å². The minimum Gasteiger partial charge on any atom is -0.387 e. The summed E-state index contributed by atoms with van der Waals surface area (Å²) in [4.78, 5) is 0. The maximum atomic E-state index is 10.1. The third-order valence-electron chi connectivity index (χ3n) is 2.55. The Bertz CT molecular complexity index is 294. The first kappa shape index (κ1) is 11.2. The maximum absolute atomic E-state index is 10.1. The fourth-order valence-corrected chi connectivity index (χ4v) is 1.37. The molecule has 1 aromatic heterocycles. The summed E-state index contributed by atoms with van der Waals surface area (Å²) in [6.45, 7) is 3.63. The molecule has 1 rings (SSSR count). The Labute approximate surface area is 84.5 Å². The van der Waals surface area contributed by atoms with Crippen molar-refractivity contribution in [2.75, 3.05) is 7.11 Å². The van der Waals surface area contributed by atoms with Crippen LogP contribution in [0.3, 0.4) is 0 Å². The van der Waals surface area contributed by atoms with E-state index >= 15 is 0 Å². The average molecular weight is 198 g/mol. The van der Waals surface area contributed by atoms with Gasteiger partial charge < -0.3 is 9.84 Å². The Morgan fingerprint density at radius 3 is 2.79 bits per heavy atom. The van der Waals surface area contributed by atoms with Crippen LogP contribution in [-0.2, 0) is 18.2 Å². The monoisotopic (exact) mass is 198 g/mol. The van der Waals surface area contributed by atoms with Crippen LogP contribution in [0.5, 0.6) is 0 Å². The molecule has 0 aromatic carbocycles. The number of aryl methyl sites for hydroxylation is 1. The van der Waals surface area contributed by atoms with Crippen LogP contribution in [0.1, 0.15) is 19.4 Å². The highest BCUT2D eigenvalue weighted by Gasteiger charge is 2.28. The second-order valence-corrected chi connectivity index (χ2v) is 3.93. The Morgan fingerprint density at radius 2 is 2.36 bits per heavy atom. The van der Waals surface area contributed by atoms with Gasteiger partial charge in [-0.15, -0.1) is 0 Å². The smallest absolute Gasteiger partial charge is 0.0918 e. The number of aliphatic hydroxyl groups is 1. The van der Waals surface area contributed by atoms with Crippen molar-refractivity contribution in [2.45, 2.75) is 32.0 Å². The van der Waals surface area contributed by atoms with Crippen LogP contribution in [0.2, 0.25) is 0 Å². The molecule has 0 radical (unpaired) electrons. The molecule has 0 spiro atoms. The first-order chi connectivity index (χ1) is 6.45. The highest BCUT2D eigenvalue weighted by Crippen LogP contribution is 2.18. The maximum Gasteiger partial charge on any atom is 0.0918 e. The van der Waals surface area contributed by atoms with E-state index in [1.165, 1.54) is 0 Å². The van der Waals surface area contributed by atoms with Gasteiger partial charge in [-0.1, -0.05) is 0 Å². The minimum absolute atomic E-state index is 0.192. The van der Waals surface area contributed by atoms with Crippen LogP contribution in [0.4, 0.5) is 0 Å². The van der Waals surface area contributed by atoms with Gasteiger partial charge in [-0.3, -0.25) is 4.68 Å². The summed E-state index contributed by atoms with van der Waals surface area (Å²) in [7, 11) is 3.46. The zero-order chi connectivity index (χ0) is 10.8. The van der Waals surface area contributed by atoms with E-state index in [1.807, 2.05) is 20.2 Å². The lowest BCUT2D eigenvalue weighted by atomic mass is 9.93. The summed E-state index contributed by atoms with van der Waals surface area (Å²) in [5, 5.41) is 14.1. The molecular formula is C10H18N2O2. The number of aromatic nitrogens is 2. The van der Waals surface area contributed by atoms with Gasteiger partial charge in [0, 0.05) is 26.8 Å². The molecule has 80 valence electrons. The summed E-state index contributed by atoms with van der Waals surface area (Å²) in [6, 6.07) is 0. The van der Waals surface area contributed by atoms with E-state index in [1.54, 1.807) is 24.9 Å². The molecule has 0 aliphatic rings. The average Bonchev–Trinajstić information content (AvgIpc) is 2.48. The molecular weight excluding hydrogens is 180 g/mol. The number of ether oxygens (including phenoxy) is 1. The fourth-order valence-electron chi connectivity index (χ4n) is 1.37. The number of methoxy groups -OCH3 is 1. The first-order valence-electron chi connectivity index (χ1n) is 4.68. The molecule has 0 amide bonds.